The van der Waals surface area contributed by atoms with E-state index in [0.29, 0.717) is 19.6 Å². The molecule has 0 aromatic carbocycles. The second-order valence-electron chi connectivity index (χ2n) is 10.8. The highest BCUT2D eigenvalue weighted by Gasteiger charge is 2.73. The van der Waals surface area contributed by atoms with Crippen LogP contribution in [-0.4, -0.2) is 92.4 Å². The summed E-state index contributed by atoms with van der Waals surface area (Å²) in [5, 5.41) is 9.11. The molecule has 6 atom stereocenters. The quantitative estimate of drug-likeness (QED) is 0.387. The second kappa shape index (κ2) is 10.3. The fraction of sp³-hybridized carbons (Fsp3) is 0.741. The van der Waals surface area contributed by atoms with E-state index in [2.05, 4.69) is 39.0 Å². The van der Waals surface area contributed by atoms with Crippen LogP contribution in [0.2, 0.25) is 0 Å². The van der Waals surface area contributed by atoms with Crippen LogP contribution in [-0.2, 0) is 14.4 Å². The van der Waals surface area contributed by atoms with Crippen molar-refractivity contribution in [3.8, 4) is 0 Å². The van der Waals surface area contributed by atoms with Crippen molar-refractivity contribution < 1.29 is 19.5 Å². The Labute approximate surface area is 214 Å². The molecule has 0 saturated carbocycles. The number of thioether (sulfide) groups is 1. The number of likely N-dealkylation sites (tertiary alicyclic amines) is 1. The summed E-state index contributed by atoms with van der Waals surface area (Å²) in [4.78, 5) is 47.5. The minimum absolute atomic E-state index is 0.00919. The molecule has 0 aliphatic carbocycles. The van der Waals surface area contributed by atoms with Gasteiger partial charge in [-0.25, -0.2) is 0 Å². The van der Waals surface area contributed by atoms with Crippen molar-refractivity contribution in [1.29, 1.82) is 0 Å². The van der Waals surface area contributed by atoms with Crippen molar-refractivity contribution in [2.75, 3.05) is 33.3 Å². The number of aliphatic hydroxyl groups excluding tert-OH is 1. The fourth-order valence-electron chi connectivity index (χ4n) is 6.62. The third kappa shape index (κ3) is 4.35. The maximum absolute atomic E-state index is 14.2. The zero-order chi connectivity index (χ0) is 25.4. The van der Waals surface area contributed by atoms with Crippen LogP contribution in [0.5, 0.6) is 0 Å². The Morgan fingerprint density at radius 1 is 1.03 bits per heavy atom. The average molecular weight is 504 g/mol. The number of hydrogen-bond donors (Lipinski definition) is 1. The van der Waals surface area contributed by atoms with Crippen LogP contribution >= 0.6 is 11.8 Å². The number of nitrogens with zero attached hydrogens (tertiary/aromatic N) is 3. The molecule has 4 aliphatic heterocycles. The predicted molar refractivity (Wildman–Crippen MR) is 139 cm³/mol. The molecule has 0 aromatic heterocycles. The van der Waals surface area contributed by atoms with Crippen molar-refractivity contribution in [1.82, 2.24) is 14.7 Å². The van der Waals surface area contributed by atoms with Gasteiger partial charge in [-0.2, -0.15) is 0 Å². The molecule has 4 aliphatic rings. The number of amides is 3. The van der Waals surface area contributed by atoms with Crippen LogP contribution in [0.15, 0.2) is 24.3 Å². The van der Waals surface area contributed by atoms with E-state index in [9.17, 15) is 14.4 Å². The molecule has 0 radical (unpaired) electrons. The van der Waals surface area contributed by atoms with Gasteiger partial charge in [-0.15, -0.1) is 11.8 Å². The van der Waals surface area contributed by atoms with Crippen LogP contribution < -0.4 is 0 Å². The summed E-state index contributed by atoms with van der Waals surface area (Å²) in [6.07, 6.45) is 13.5. The SMILES string of the molecule is CCCC(C)N1CC=C[C@]23S[C@]4(C)C=CCN(C)C(=O)[C@@H]4[C@H]2C(=O)N(CCCCCCO)C3C1=O. The van der Waals surface area contributed by atoms with E-state index in [1.54, 1.807) is 23.7 Å². The van der Waals surface area contributed by atoms with Crippen LogP contribution in [0.4, 0.5) is 0 Å². The Morgan fingerprint density at radius 2 is 1.74 bits per heavy atom. The summed E-state index contributed by atoms with van der Waals surface area (Å²) < 4.78 is -1.29. The molecule has 4 heterocycles. The number of rotatable bonds is 9. The molecule has 1 N–H and O–H groups in total. The minimum atomic E-state index is -0.752. The van der Waals surface area contributed by atoms with E-state index in [4.69, 9.17) is 5.11 Å². The number of aliphatic hydroxyl groups is 1. The highest BCUT2D eigenvalue weighted by Crippen LogP contribution is 2.65. The first-order chi connectivity index (χ1) is 16.7. The van der Waals surface area contributed by atoms with Gasteiger partial charge in [-0.1, -0.05) is 50.5 Å². The number of unbranched alkanes of at least 4 members (excludes halogenated alkanes) is 3. The standard InChI is InChI=1S/C27H41N3O4S/c1-5-12-19(2)29-17-11-14-27-21(20-23(32)28(4)15-10-13-26(20,3)35-27)24(33)30(22(27)25(29)34)16-8-6-7-9-18-31/h10-11,13-14,19-22,31H,5-9,12,15-18H2,1-4H3/t19?,20-,21-,22?,26+,27-/m0/s1. The van der Waals surface area contributed by atoms with Gasteiger partial charge in [0.15, 0.2) is 0 Å². The van der Waals surface area contributed by atoms with Crippen molar-refractivity contribution in [2.45, 2.75) is 80.9 Å². The van der Waals surface area contributed by atoms with Gasteiger partial charge in [0.25, 0.3) is 0 Å². The summed E-state index contributed by atoms with van der Waals surface area (Å²) in [7, 11) is 1.80. The van der Waals surface area contributed by atoms with E-state index < -0.39 is 27.4 Å². The highest BCUT2D eigenvalue weighted by atomic mass is 32.2. The van der Waals surface area contributed by atoms with Crippen molar-refractivity contribution in [3.63, 3.8) is 0 Å². The maximum Gasteiger partial charge on any atom is 0.247 e. The van der Waals surface area contributed by atoms with Gasteiger partial charge in [0, 0.05) is 44.1 Å². The zero-order valence-electron chi connectivity index (χ0n) is 21.6. The Balaban J connectivity index is 1.75. The van der Waals surface area contributed by atoms with Crippen LogP contribution in [0.1, 0.15) is 59.3 Å². The molecular weight excluding hydrogens is 462 g/mol. The maximum atomic E-state index is 14.2. The van der Waals surface area contributed by atoms with Gasteiger partial charge >= 0.3 is 0 Å². The summed E-state index contributed by atoms with van der Waals surface area (Å²) in [5.41, 5.74) is 0. The minimum Gasteiger partial charge on any atom is -0.396 e. The molecule has 194 valence electrons. The summed E-state index contributed by atoms with van der Waals surface area (Å²) in [6.45, 7) is 8.03. The third-order valence-corrected chi connectivity index (χ3v) is 10.1. The van der Waals surface area contributed by atoms with Crippen molar-refractivity contribution in [2.24, 2.45) is 11.8 Å². The lowest BCUT2D eigenvalue weighted by Gasteiger charge is -2.38. The van der Waals surface area contributed by atoms with E-state index in [-0.39, 0.29) is 30.4 Å². The second-order valence-corrected chi connectivity index (χ2v) is 12.6. The molecule has 2 unspecified atom stereocenters. The van der Waals surface area contributed by atoms with E-state index in [0.717, 1.165) is 38.5 Å². The van der Waals surface area contributed by atoms with E-state index >= 15 is 0 Å². The molecule has 0 aromatic rings. The van der Waals surface area contributed by atoms with E-state index in [1.807, 2.05) is 15.9 Å². The third-order valence-electron chi connectivity index (χ3n) is 8.34. The first-order valence-corrected chi connectivity index (χ1v) is 14.1. The zero-order valence-corrected chi connectivity index (χ0v) is 22.4. The molecule has 2 fully saturated rings. The average Bonchev–Trinajstić information content (AvgIpc) is 3.08. The van der Waals surface area contributed by atoms with E-state index in [1.165, 1.54) is 0 Å². The first-order valence-electron chi connectivity index (χ1n) is 13.2. The van der Waals surface area contributed by atoms with Crippen molar-refractivity contribution in [3.05, 3.63) is 24.3 Å². The first kappa shape index (κ1) is 26.3. The Hall–Kier alpha value is -1.80. The highest BCUT2D eigenvalue weighted by molar-refractivity contribution is 8.02. The molecule has 1 spiro atoms. The molecule has 0 bridgehead atoms. The Bertz CT molecular complexity index is 907. The predicted octanol–water partition coefficient (Wildman–Crippen LogP) is 2.84. The molecular formula is C27H41N3O4S. The number of fused-ring (bicyclic) bond motifs is 2. The molecule has 4 rings (SSSR count). The Morgan fingerprint density at radius 3 is 2.46 bits per heavy atom. The lowest BCUT2D eigenvalue weighted by atomic mass is 9.74. The van der Waals surface area contributed by atoms with Gasteiger partial charge < -0.3 is 19.8 Å². The summed E-state index contributed by atoms with van der Waals surface area (Å²) in [5.74, 6) is -1.11. The molecule has 3 amide bonds. The monoisotopic (exact) mass is 503 g/mol. The summed E-state index contributed by atoms with van der Waals surface area (Å²) >= 11 is 1.65. The molecule has 7 nitrogen and oxygen atoms in total. The number of hydrogen-bond acceptors (Lipinski definition) is 5. The lowest BCUT2D eigenvalue weighted by molar-refractivity contribution is -0.145. The number of carbonyl (C=O) groups is 3. The topological polar surface area (TPSA) is 81.2 Å². The van der Waals surface area contributed by atoms with Gasteiger partial charge in [0.1, 0.15) is 6.04 Å². The summed E-state index contributed by atoms with van der Waals surface area (Å²) in [6, 6.07) is -0.510. The molecule has 35 heavy (non-hydrogen) atoms. The van der Waals surface area contributed by atoms with Gasteiger partial charge in [0.05, 0.1) is 16.6 Å². The Kier molecular flexibility index (Phi) is 7.72. The smallest absolute Gasteiger partial charge is 0.247 e. The van der Waals surface area contributed by atoms with Crippen LogP contribution in [0, 0.1) is 11.8 Å². The largest absolute Gasteiger partial charge is 0.396 e. The number of carbonyl (C=O) groups excluding carboxylic acids is 3. The van der Waals surface area contributed by atoms with Gasteiger partial charge in [-0.3, -0.25) is 14.4 Å². The fourth-order valence-corrected chi connectivity index (χ4v) is 8.78. The van der Waals surface area contributed by atoms with Crippen molar-refractivity contribution >= 4 is 29.5 Å². The normalized spacial score (nSPS) is 35.2. The van der Waals surface area contributed by atoms with Gasteiger partial charge in [0.2, 0.25) is 17.7 Å². The number of likely N-dealkylation sites (N-methyl/N-ethyl adjacent to an activating group) is 1. The molecule has 2 saturated heterocycles. The van der Waals surface area contributed by atoms with Crippen LogP contribution in [0.25, 0.3) is 0 Å². The van der Waals surface area contributed by atoms with Gasteiger partial charge in [-0.05, 0) is 33.1 Å². The lowest BCUT2D eigenvalue weighted by Crippen LogP contribution is -2.55. The van der Waals surface area contributed by atoms with Crippen LogP contribution in [0.3, 0.4) is 0 Å². The molecule has 8 heteroatoms.